The Bertz CT molecular complexity index is 202. The van der Waals surface area contributed by atoms with E-state index in [4.69, 9.17) is 10.8 Å². The van der Waals surface area contributed by atoms with Gasteiger partial charge in [-0.1, -0.05) is 13.0 Å². The van der Waals surface area contributed by atoms with Crippen molar-refractivity contribution in [2.24, 2.45) is 11.1 Å². The van der Waals surface area contributed by atoms with Gasteiger partial charge in [-0.25, -0.2) is 0 Å². The van der Waals surface area contributed by atoms with E-state index >= 15 is 0 Å². The van der Waals surface area contributed by atoms with E-state index in [0.29, 0.717) is 6.42 Å². The summed E-state index contributed by atoms with van der Waals surface area (Å²) in [4.78, 5) is 10.5. The molecule has 0 spiro atoms. The molecule has 0 bridgehead atoms. The fraction of sp³-hybridized carbons (Fsp3) is 0.571. The standard InChI is InChI=1S/C7H11NO2/c1-3-6(2)4-7(6,8)5(9)10/h3H,1,4,8H2,2H3,(H,9,10)/t6-,7+/m1/s1. The maximum atomic E-state index is 10.5. The number of carboxylic acids is 1. The average Bonchev–Trinajstić information content (AvgIpc) is 2.39. The van der Waals surface area contributed by atoms with Crippen LogP contribution in [0.25, 0.3) is 0 Å². The van der Waals surface area contributed by atoms with Gasteiger partial charge in [-0.05, 0) is 6.42 Å². The summed E-state index contributed by atoms with van der Waals surface area (Å²) in [5, 5.41) is 8.61. The fourth-order valence-corrected chi connectivity index (χ4v) is 1.11. The number of rotatable bonds is 2. The maximum Gasteiger partial charge on any atom is 0.324 e. The van der Waals surface area contributed by atoms with Crippen LogP contribution in [0.4, 0.5) is 0 Å². The molecule has 1 rings (SSSR count). The van der Waals surface area contributed by atoms with Crippen molar-refractivity contribution in [2.75, 3.05) is 0 Å². The summed E-state index contributed by atoms with van der Waals surface area (Å²) in [6.07, 6.45) is 2.11. The number of aliphatic carboxylic acids is 1. The lowest BCUT2D eigenvalue weighted by Crippen LogP contribution is -2.37. The van der Waals surface area contributed by atoms with Gasteiger partial charge < -0.3 is 10.8 Å². The Kier molecular flexibility index (Phi) is 1.17. The van der Waals surface area contributed by atoms with Crippen LogP contribution in [0.15, 0.2) is 12.7 Å². The third-order valence-corrected chi connectivity index (χ3v) is 2.37. The SMILES string of the molecule is C=C[C@]1(C)C[C@]1(N)C(=O)O. The summed E-state index contributed by atoms with van der Waals surface area (Å²) in [6.45, 7) is 5.33. The molecule has 10 heavy (non-hydrogen) atoms. The van der Waals surface area contributed by atoms with Crippen molar-refractivity contribution in [3.05, 3.63) is 12.7 Å². The third kappa shape index (κ3) is 0.609. The minimum atomic E-state index is -1.05. The lowest BCUT2D eigenvalue weighted by atomic mass is 10.0. The Hall–Kier alpha value is -0.830. The van der Waals surface area contributed by atoms with E-state index in [0.717, 1.165) is 0 Å². The van der Waals surface area contributed by atoms with Crippen LogP contribution in [0.5, 0.6) is 0 Å². The Labute approximate surface area is 59.5 Å². The first-order chi connectivity index (χ1) is 4.46. The van der Waals surface area contributed by atoms with E-state index in [-0.39, 0.29) is 0 Å². The van der Waals surface area contributed by atoms with E-state index in [1.165, 1.54) is 0 Å². The van der Waals surface area contributed by atoms with Crippen molar-refractivity contribution in [1.82, 2.24) is 0 Å². The second kappa shape index (κ2) is 1.61. The van der Waals surface area contributed by atoms with Gasteiger partial charge in [0.15, 0.2) is 0 Å². The topological polar surface area (TPSA) is 63.3 Å². The molecule has 0 aromatic heterocycles. The number of hydrogen-bond donors (Lipinski definition) is 2. The van der Waals surface area contributed by atoms with Gasteiger partial charge in [0.1, 0.15) is 5.54 Å². The summed E-state index contributed by atoms with van der Waals surface area (Å²) >= 11 is 0. The van der Waals surface area contributed by atoms with Crippen LogP contribution < -0.4 is 5.73 Å². The van der Waals surface area contributed by atoms with Gasteiger partial charge >= 0.3 is 5.97 Å². The summed E-state index contributed by atoms with van der Waals surface area (Å²) in [5.74, 6) is -0.935. The summed E-state index contributed by atoms with van der Waals surface area (Å²) < 4.78 is 0. The molecule has 1 fully saturated rings. The lowest BCUT2D eigenvalue weighted by Gasteiger charge is -2.08. The molecule has 0 aromatic rings. The second-order valence-corrected chi connectivity index (χ2v) is 3.07. The molecule has 1 saturated carbocycles. The molecule has 0 amide bonds. The van der Waals surface area contributed by atoms with E-state index in [9.17, 15) is 4.79 Å². The molecule has 0 heterocycles. The Morgan fingerprint density at radius 1 is 1.90 bits per heavy atom. The molecule has 3 nitrogen and oxygen atoms in total. The molecule has 0 aliphatic heterocycles. The zero-order chi connectivity index (χ0) is 7.99. The number of carbonyl (C=O) groups is 1. The fourth-order valence-electron chi connectivity index (χ4n) is 1.11. The van der Waals surface area contributed by atoms with E-state index in [2.05, 4.69) is 6.58 Å². The summed E-state index contributed by atoms with van der Waals surface area (Å²) in [7, 11) is 0. The lowest BCUT2D eigenvalue weighted by molar-refractivity contribution is -0.140. The van der Waals surface area contributed by atoms with Crippen molar-refractivity contribution in [2.45, 2.75) is 18.9 Å². The highest BCUT2D eigenvalue weighted by atomic mass is 16.4. The largest absolute Gasteiger partial charge is 0.480 e. The van der Waals surface area contributed by atoms with Crippen LogP contribution in [0.2, 0.25) is 0 Å². The Morgan fingerprint density at radius 2 is 2.40 bits per heavy atom. The zero-order valence-electron chi connectivity index (χ0n) is 5.92. The molecular formula is C7H11NO2. The molecule has 3 heteroatoms. The number of nitrogens with two attached hydrogens (primary N) is 1. The van der Waals surface area contributed by atoms with Gasteiger partial charge in [-0.15, -0.1) is 6.58 Å². The average molecular weight is 141 g/mol. The first-order valence-corrected chi connectivity index (χ1v) is 3.12. The molecule has 0 saturated heterocycles. The van der Waals surface area contributed by atoms with E-state index in [1.807, 2.05) is 0 Å². The highest BCUT2D eigenvalue weighted by molar-refractivity contribution is 5.85. The van der Waals surface area contributed by atoms with Gasteiger partial charge in [0, 0.05) is 5.41 Å². The maximum absolute atomic E-state index is 10.5. The molecule has 1 aliphatic carbocycles. The van der Waals surface area contributed by atoms with Crippen LogP contribution in [0, 0.1) is 5.41 Å². The summed E-state index contributed by atoms with van der Waals surface area (Å²) in [6, 6.07) is 0. The van der Waals surface area contributed by atoms with Crippen molar-refractivity contribution in [3.8, 4) is 0 Å². The molecule has 0 unspecified atom stereocenters. The predicted octanol–water partition coefficient (Wildman–Crippen LogP) is 0.365. The van der Waals surface area contributed by atoms with Gasteiger partial charge in [-0.2, -0.15) is 0 Å². The predicted molar refractivity (Wildman–Crippen MR) is 37.5 cm³/mol. The van der Waals surface area contributed by atoms with Gasteiger partial charge in [0.05, 0.1) is 0 Å². The Morgan fingerprint density at radius 3 is 2.50 bits per heavy atom. The third-order valence-electron chi connectivity index (χ3n) is 2.37. The molecule has 3 N–H and O–H groups in total. The minimum Gasteiger partial charge on any atom is -0.480 e. The van der Waals surface area contributed by atoms with Crippen LogP contribution >= 0.6 is 0 Å². The van der Waals surface area contributed by atoms with Crippen LogP contribution in [-0.2, 0) is 4.79 Å². The summed E-state index contributed by atoms with van der Waals surface area (Å²) in [5.41, 5.74) is 4.07. The minimum absolute atomic E-state index is 0.390. The highest BCUT2D eigenvalue weighted by Crippen LogP contribution is 2.54. The van der Waals surface area contributed by atoms with Crippen molar-refractivity contribution < 1.29 is 9.90 Å². The zero-order valence-corrected chi connectivity index (χ0v) is 5.92. The van der Waals surface area contributed by atoms with Crippen LogP contribution in [-0.4, -0.2) is 16.6 Å². The first kappa shape index (κ1) is 7.28. The molecule has 56 valence electrons. The van der Waals surface area contributed by atoms with E-state index in [1.54, 1.807) is 13.0 Å². The Balaban J connectivity index is 2.82. The van der Waals surface area contributed by atoms with Crippen molar-refractivity contribution in [1.29, 1.82) is 0 Å². The quantitative estimate of drug-likeness (QED) is 0.546. The normalized spacial score (nSPS) is 44.6. The first-order valence-electron chi connectivity index (χ1n) is 3.12. The van der Waals surface area contributed by atoms with Crippen LogP contribution in [0.1, 0.15) is 13.3 Å². The van der Waals surface area contributed by atoms with Gasteiger partial charge in [0.25, 0.3) is 0 Å². The molecule has 0 radical (unpaired) electrons. The van der Waals surface area contributed by atoms with Gasteiger partial charge in [0.2, 0.25) is 0 Å². The molecule has 2 atom stereocenters. The van der Waals surface area contributed by atoms with Gasteiger partial charge in [-0.3, -0.25) is 4.79 Å². The second-order valence-electron chi connectivity index (χ2n) is 3.07. The number of carboxylic acid groups (broad SMARTS) is 1. The monoisotopic (exact) mass is 141 g/mol. The van der Waals surface area contributed by atoms with Crippen LogP contribution in [0.3, 0.4) is 0 Å². The molecule has 0 aromatic carbocycles. The molecular weight excluding hydrogens is 130 g/mol. The molecule has 1 aliphatic rings. The van der Waals surface area contributed by atoms with Crippen molar-refractivity contribution in [3.63, 3.8) is 0 Å². The number of hydrogen-bond acceptors (Lipinski definition) is 2. The van der Waals surface area contributed by atoms with E-state index < -0.39 is 16.9 Å². The smallest absolute Gasteiger partial charge is 0.324 e. The highest BCUT2D eigenvalue weighted by Gasteiger charge is 2.65. The van der Waals surface area contributed by atoms with Crippen molar-refractivity contribution >= 4 is 5.97 Å².